The number of halogens is 3. The van der Waals surface area contributed by atoms with Gasteiger partial charge in [0.1, 0.15) is 0 Å². The highest BCUT2D eigenvalue weighted by Crippen LogP contribution is 2.20. The second-order valence-electron chi connectivity index (χ2n) is 4.07. The fourth-order valence-corrected chi connectivity index (χ4v) is 1.76. The van der Waals surface area contributed by atoms with Crippen LogP contribution in [0.4, 0.5) is 13.2 Å². The van der Waals surface area contributed by atoms with E-state index in [-0.39, 0.29) is 12.6 Å². The molecule has 0 amide bonds. The third-order valence-electron chi connectivity index (χ3n) is 2.56. The number of hydrogen-bond acceptors (Lipinski definition) is 3. The molecular weight excluding hydrogens is 209 g/mol. The van der Waals surface area contributed by atoms with Gasteiger partial charge < -0.3 is 15.3 Å². The van der Waals surface area contributed by atoms with Gasteiger partial charge in [0.2, 0.25) is 0 Å². The van der Waals surface area contributed by atoms with E-state index in [0.717, 1.165) is 19.4 Å². The van der Waals surface area contributed by atoms with Crippen LogP contribution in [0.25, 0.3) is 0 Å². The molecule has 15 heavy (non-hydrogen) atoms. The molecular formula is C9H17F3N2O. The van der Waals surface area contributed by atoms with Crippen LogP contribution in [0.2, 0.25) is 0 Å². The Morgan fingerprint density at radius 2 is 2.20 bits per heavy atom. The van der Waals surface area contributed by atoms with Gasteiger partial charge in [-0.05, 0) is 26.4 Å². The van der Waals surface area contributed by atoms with Crippen molar-refractivity contribution in [3.63, 3.8) is 0 Å². The number of nitrogens with one attached hydrogen (secondary N) is 1. The SMILES string of the molecule is CN(CC1CCCN1)CC(O)C(F)(F)F. The van der Waals surface area contributed by atoms with Crippen LogP contribution in [0.3, 0.4) is 0 Å². The van der Waals surface area contributed by atoms with Gasteiger partial charge in [0.05, 0.1) is 0 Å². The second-order valence-corrected chi connectivity index (χ2v) is 4.07. The molecule has 0 aliphatic carbocycles. The van der Waals surface area contributed by atoms with Gasteiger partial charge in [-0.3, -0.25) is 0 Å². The van der Waals surface area contributed by atoms with Crippen molar-refractivity contribution >= 4 is 0 Å². The first kappa shape index (κ1) is 12.7. The lowest BCUT2D eigenvalue weighted by Gasteiger charge is -2.24. The number of aliphatic hydroxyl groups is 1. The Morgan fingerprint density at radius 1 is 1.53 bits per heavy atom. The maximum atomic E-state index is 12.0. The summed E-state index contributed by atoms with van der Waals surface area (Å²) in [5, 5.41) is 12.0. The Morgan fingerprint density at radius 3 is 2.67 bits per heavy atom. The standard InChI is InChI=1S/C9H17F3N2O/c1-14(5-7-3-2-4-13-7)6-8(15)9(10,11)12/h7-8,13,15H,2-6H2,1H3. The molecule has 0 bridgehead atoms. The number of aliphatic hydroxyl groups excluding tert-OH is 1. The van der Waals surface area contributed by atoms with Crippen LogP contribution in [0, 0.1) is 0 Å². The van der Waals surface area contributed by atoms with Crippen LogP contribution in [0.5, 0.6) is 0 Å². The first-order valence-electron chi connectivity index (χ1n) is 5.06. The number of hydrogen-bond donors (Lipinski definition) is 2. The summed E-state index contributed by atoms with van der Waals surface area (Å²) in [6, 6.07) is 0.260. The molecule has 1 aliphatic rings. The average molecular weight is 226 g/mol. The Kier molecular flexibility index (Phi) is 4.36. The molecule has 6 heteroatoms. The molecule has 0 aromatic heterocycles. The van der Waals surface area contributed by atoms with Gasteiger partial charge in [-0.25, -0.2) is 0 Å². The molecule has 1 fully saturated rings. The van der Waals surface area contributed by atoms with Crippen molar-refractivity contribution in [2.75, 3.05) is 26.7 Å². The van der Waals surface area contributed by atoms with Gasteiger partial charge in [0, 0.05) is 19.1 Å². The summed E-state index contributed by atoms with van der Waals surface area (Å²) in [6.45, 7) is 1.12. The van der Waals surface area contributed by atoms with Crippen LogP contribution in [-0.2, 0) is 0 Å². The average Bonchev–Trinajstić information content (AvgIpc) is 2.54. The first-order chi connectivity index (χ1) is 6.89. The summed E-state index contributed by atoms with van der Waals surface area (Å²) in [5.41, 5.74) is 0. The molecule has 0 aromatic carbocycles. The van der Waals surface area contributed by atoms with Crippen molar-refractivity contribution in [1.29, 1.82) is 0 Å². The number of likely N-dealkylation sites (N-methyl/N-ethyl adjacent to an activating group) is 1. The van der Waals surface area contributed by atoms with Crippen molar-refractivity contribution < 1.29 is 18.3 Å². The maximum Gasteiger partial charge on any atom is 0.415 e. The molecule has 2 atom stereocenters. The molecule has 0 spiro atoms. The molecule has 1 aliphatic heterocycles. The molecule has 0 aromatic rings. The first-order valence-corrected chi connectivity index (χ1v) is 5.06. The van der Waals surface area contributed by atoms with Gasteiger partial charge in [0.15, 0.2) is 6.10 Å². The third kappa shape index (κ3) is 4.36. The van der Waals surface area contributed by atoms with Crippen LogP contribution in [0.1, 0.15) is 12.8 Å². The van der Waals surface area contributed by atoms with E-state index in [1.54, 1.807) is 7.05 Å². The minimum atomic E-state index is -4.52. The molecule has 1 rings (SSSR count). The predicted octanol–water partition coefficient (Wildman–Crippen LogP) is 0.593. The van der Waals surface area contributed by atoms with E-state index in [1.165, 1.54) is 4.90 Å². The highest BCUT2D eigenvalue weighted by molar-refractivity contribution is 4.78. The van der Waals surface area contributed by atoms with E-state index < -0.39 is 12.3 Å². The monoisotopic (exact) mass is 226 g/mol. The molecule has 0 radical (unpaired) electrons. The summed E-state index contributed by atoms with van der Waals surface area (Å²) in [7, 11) is 1.59. The van der Waals surface area contributed by atoms with Gasteiger partial charge in [-0.1, -0.05) is 0 Å². The molecule has 2 N–H and O–H groups in total. The number of nitrogens with zero attached hydrogens (tertiary/aromatic N) is 1. The van der Waals surface area contributed by atoms with E-state index in [0.29, 0.717) is 6.54 Å². The molecule has 1 saturated heterocycles. The highest BCUT2D eigenvalue weighted by Gasteiger charge is 2.38. The van der Waals surface area contributed by atoms with Crippen molar-refractivity contribution in [1.82, 2.24) is 10.2 Å². The van der Waals surface area contributed by atoms with Crippen molar-refractivity contribution in [2.45, 2.75) is 31.2 Å². The minimum Gasteiger partial charge on any atom is -0.382 e. The fourth-order valence-electron chi connectivity index (χ4n) is 1.76. The Hall–Kier alpha value is -0.330. The lowest BCUT2D eigenvalue weighted by molar-refractivity contribution is -0.207. The van der Waals surface area contributed by atoms with E-state index in [2.05, 4.69) is 5.32 Å². The highest BCUT2D eigenvalue weighted by atomic mass is 19.4. The Bertz CT molecular complexity index is 192. The summed E-state index contributed by atoms with van der Waals surface area (Å²) in [6.07, 6.45) is -4.70. The van der Waals surface area contributed by atoms with Crippen LogP contribution < -0.4 is 5.32 Å². The fraction of sp³-hybridized carbons (Fsp3) is 1.00. The van der Waals surface area contributed by atoms with Crippen molar-refractivity contribution in [3.05, 3.63) is 0 Å². The van der Waals surface area contributed by atoms with Crippen molar-refractivity contribution in [3.8, 4) is 0 Å². The zero-order valence-electron chi connectivity index (χ0n) is 8.72. The van der Waals surface area contributed by atoms with E-state index >= 15 is 0 Å². The minimum absolute atomic E-state index is 0.260. The Labute approximate surface area is 87.3 Å². The lowest BCUT2D eigenvalue weighted by atomic mass is 10.2. The summed E-state index contributed by atoms with van der Waals surface area (Å²) >= 11 is 0. The topological polar surface area (TPSA) is 35.5 Å². The summed E-state index contributed by atoms with van der Waals surface area (Å²) in [5.74, 6) is 0. The Balaban J connectivity index is 2.25. The number of alkyl halides is 3. The van der Waals surface area contributed by atoms with Gasteiger partial charge in [0.25, 0.3) is 0 Å². The molecule has 1 heterocycles. The van der Waals surface area contributed by atoms with Crippen LogP contribution >= 0.6 is 0 Å². The predicted molar refractivity (Wildman–Crippen MR) is 50.6 cm³/mol. The summed E-state index contributed by atoms with van der Waals surface area (Å²) < 4.78 is 36.1. The van der Waals surface area contributed by atoms with Gasteiger partial charge >= 0.3 is 6.18 Å². The van der Waals surface area contributed by atoms with Crippen LogP contribution in [-0.4, -0.2) is 55.0 Å². The lowest BCUT2D eigenvalue weighted by Crippen LogP contribution is -2.43. The maximum absolute atomic E-state index is 12.0. The van der Waals surface area contributed by atoms with E-state index in [1.807, 2.05) is 0 Å². The molecule has 0 saturated carbocycles. The van der Waals surface area contributed by atoms with E-state index in [4.69, 9.17) is 5.11 Å². The zero-order chi connectivity index (χ0) is 11.5. The van der Waals surface area contributed by atoms with Crippen LogP contribution in [0.15, 0.2) is 0 Å². The number of rotatable bonds is 4. The molecule has 90 valence electrons. The normalized spacial score (nSPS) is 24.8. The van der Waals surface area contributed by atoms with Crippen molar-refractivity contribution in [2.24, 2.45) is 0 Å². The quantitative estimate of drug-likeness (QED) is 0.736. The molecule has 3 nitrogen and oxygen atoms in total. The smallest absolute Gasteiger partial charge is 0.382 e. The largest absolute Gasteiger partial charge is 0.415 e. The summed E-state index contributed by atoms with van der Waals surface area (Å²) in [4.78, 5) is 1.52. The van der Waals surface area contributed by atoms with Gasteiger partial charge in [-0.15, -0.1) is 0 Å². The third-order valence-corrected chi connectivity index (χ3v) is 2.56. The van der Waals surface area contributed by atoms with Gasteiger partial charge in [-0.2, -0.15) is 13.2 Å². The zero-order valence-corrected chi connectivity index (χ0v) is 8.72. The van der Waals surface area contributed by atoms with E-state index in [9.17, 15) is 13.2 Å². The molecule has 2 unspecified atom stereocenters. The second kappa shape index (κ2) is 5.14.